The summed E-state index contributed by atoms with van der Waals surface area (Å²) < 4.78 is 5.93. The standard InChI is InChI=1S/C19H24O2/c1-3-7-15(4-2)10-11-16-12-13-18(20)19(14-16)21-17-8-5-6-9-17/h3-4,7,12-14,17,20H,1-2,5-6,8-11H2/b15-7+. The molecule has 1 aliphatic rings. The summed E-state index contributed by atoms with van der Waals surface area (Å²) in [6.07, 6.45) is 12.3. The van der Waals surface area contributed by atoms with E-state index < -0.39 is 0 Å². The van der Waals surface area contributed by atoms with Crippen LogP contribution in [0.1, 0.15) is 37.7 Å². The number of hydrogen-bond donors (Lipinski definition) is 1. The minimum absolute atomic E-state index is 0.233. The van der Waals surface area contributed by atoms with E-state index >= 15 is 0 Å². The summed E-state index contributed by atoms with van der Waals surface area (Å²) >= 11 is 0. The number of aryl methyl sites for hydroxylation is 1. The van der Waals surface area contributed by atoms with E-state index in [0.29, 0.717) is 5.75 Å². The van der Waals surface area contributed by atoms with Gasteiger partial charge in [0, 0.05) is 0 Å². The molecule has 1 saturated carbocycles. The average Bonchev–Trinajstić information content (AvgIpc) is 2.99. The first-order valence-electron chi connectivity index (χ1n) is 7.65. The van der Waals surface area contributed by atoms with Gasteiger partial charge in [0.1, 0.15) is 0 Å². The van der Waals surface area contributed by atoms with Crippen LogP contribution in [0.3, 0.4) is 0 Å². The summed E-state index contributed by atoms with van der Waals surface area (Å²) in [4.78, 5) is 0. The molecule has 0 bridgehead atoms. The van der Waals surface area contributed by atoms with Crippen LogP contribution in [-0.4, -0.2) is 11.2 Å². The van der Waals surface area contributed by atoms with E-state index in [9.17, 15) is 5.11 Å². The molecule has 0 unspecified atom stereocenters. The summed E-state index contributed by atoms with van der Waals surface area (Å²) in [5.41, 5.74) is 2.33. The lowest BCUT2D eigenvalue weighted by Gasteiger charge is -2.15. The SMILES string of the molecule is C=C/C=C(\C=C)CCc1ccc(O)c(OC2CCCC2)c1. The zero-order valence-corrected chi connectivity index (χ0v) is 12.6. The van der Waals surface area contributed by atoms with E-state index in [1.165, 1.54) is 12.8 Å². The van der Waals surface area contributed by atoms with Gasteiger partial charge in [-0.3, -0.25) is 0 Å². The van der Waals surface area contributed by atoms with Gasteiger partial charge in [0.15, 0.2) is 11.5 Å². The molecule has 0 heterocycles. The number of phenols is 1. The number of ether oxygens (including phenoxy) is 1. The maximum absolute atomic E-state index is 9.94. The second-order valence-electron chi connectivity index (χ2n) is 5.51. The Kier molecular flexibility index (Phi) is 5.68. The van der Waals surface area contributed by atoms with Crippen molar-refractivity contribution in [2.75, 3.05) is 0 Å². The highest BCUT2D eigenvalue weighted by molar-refractivity contribution is 5.42. The smallest absolute Gasteiger partial charge is 0.161 e. The van der Waals surface area contributed by atoms with Gasteiger partial charge >= 0.3 is 0 Å². The Morgan fingerprint density at radius 2 is 2.05 bits per heavy atom. The van der Waals surface area contributed by atoms with Crippen molar-refractivity contribution >= 4 is 0 Å². The molecule has 21 heavy (non-hydrogen) atoms. The molecule has 2 rings (SSSR count). The fraction of sp³-hybridized carbons (Fsp3) is 0.368. The molecule has 0 spiro atoms. The number of benzene rings is 1. The first-order valence-corrected chi connectivity index (χ1v) is 7.65. The molecule has 0 saturated heterocycles. The molecule has 0 atom stereocenters. The molecule has 1 aromatic rings. The van der Waals surface area contributed by atoms with Gasteiger partial charge in [-0.05, 0) is 61.8 Å². The molecule has 2 heteroatoms. The lowest BCUT2D eigenvalue weighted by atomic mass is 10.0. The van der Waals surface area contributed by atoms with Gasteiger partial charge in [0.05, 0.1) is 6.10 Å². The van der Waals surface area contributed by atoms with Crippen molar-refractivity contribution in [2.45, 2.75) is 44.6 Å². The molecule has 2 nitrogen and oxygen atoms in total. The van der Waals surface area contributed by atoms with E-state index in [2.05, 4.69) is 13.2 Å². The number of phenolic OH excluding ortho intramolecular Hbond substituents is 1. The highest BCUT2D eigenvalue weighted by atomic mass is 16.5. The summed E-state index contributed by atoms with van der Waals surface area (Å²) in [5.74, 6) is 0.850. The van der Waals surface area contributed by atoms with Crippen molar-refractivity contribution in [1.82, 2.24) is 0 Å². The minimum atomic E-state index is 0.233. The van der Waals surface area contributed by atoms with Crippen LogP contribution in [0.5, 0.6) is 11.5 Å². The van der Waals surface area contributed by atoms with Gasteiger partial charge in [-0.2, -0.15) is 0 Å². The zero-order valence-electron chi connectivity index (χ0n) is 12.6. The Labute approximate surface area is 127 Å². The van der Waals surface area contributed by atoms with Crippen molar-refractivity contribution in [3.05, 3.63) is 60.7 Å². The van der Waals surface area contributed by atoms with Gasteiger partial charge in [-0.25, -0.2) is 0 Å². The van der Waals surface area contributed by atoms with Crippen molar-refractivity contribution in [1.29, 1.82) is 0 Å². The van der Waals surface area contributed by atoms with Gasteiger partial charge in [-0.1, -0.05) is 37.5 Å². The quantitative estimate of drug-likeness (QED) is 0.718. The van der Waals surface area contributed by atoms with Crippen LogP contribution in [0.4, 0.5) is 0 Å². The maximum atomic E-state index is 9.94. The summed E-state index contributed by atoms with van der Waals surface area (Å²) in [7, 11) is 0. The van der Waals surface area contributed by atoms with Crippen molar-refractivity contribution in [3.63, 3.8) is 0 Å². The first-order chi connectivity index (χ1) is 10.2. The number of rotatable bonds is 7. The van der Waals surface area contributed by atoms with Crippen molar-refractivity contribution < 1.29 is 9.84 Å². The topological polar surface area (TPSA) is 29.5 Å². The van der Waals surface area contributed by atoms with Crippen LogP contribution in [0.15, 0.2) is 55.2 Å². The molecule has 1 N–H and O–H groups in total. The third-order valence-electron chi connectivity index (χ3n) is 3.92. The van der Waals surface area contributed by atoms with E-state index in [-0.39, 0.29) is 11.9 Å². The minimum Gasteiger partial charge on any atom is -0.504 e. The number of allylic oxidation sites excluding steroid dienone is 4. The Morgan fingerprint density at radius 1 is 1.29 bits per heavy atom. The first kappa shape index (κ1) is 15.4. The van der Waals surface area contributed by atoms with E-state index in [4.69, 9.17) is 4.74 Å². The highest BCUT2D eigenvalue weighted by Crippen LogP contribution is 2.32. The zero-order chi connectivity index (χ0) is 15.1. The third kappa shape index (κ3) is 4.52. The van der Waals surface area contributed by atoms with E-state index in [1.807, 2.05) is 24.3 Å². The van der Waals surface area contributed by atoms with Crippen molar-refractivity contribution in [3.8, 4) is 11.5 Å². The van der Waals surface area contributed by atoms with Crippen molar-refractivity contribution in [2.24, 2.45) is 0 Å². The largest absolute Gasteiger partial charge is 0.504 e. The lowest BCUT2D eigenvalue weighted by molar-refractivity contribution is 0.201. The second kappa shape index (κ2) is 7.72. The van der Waals surface area contributed by atoms with Gasteiger partial charge in [0.2, 0.25) is 0 Å². The fourth-order valence-corrected chi connectivity index (χ4v) is 2.69. The molecule has 1 fully saturated rings. The molecule has 0 aliphatic heterocycles. The molecule has 112 valence electrons. The van der Waals surface area contributed by atoms with E-state index in [1.54, 1.807) is 12.1 Å². The molecular formula is C19H24O2. The molecule has 0 amide bonds. The van der Waals surface area contributed by atoms with Crippen LogP contribution in [-0.2, 0) is 6.42 Å². The molecule has 0 radical (unpaired) electrons. The number of aromatic hydroxyl groups is 1. The Morgan fingerprint density at radius 3 is 2.71 bits per heavy atom. The van der Waals surface area contributed by atoms with Crippen LogP contribution >= 0.6 is 0 Å². The third-order valence-corrected chi connectivity index (χ3v) is 3.92. The molecule has 0 aromatic heterocycles. The Hall–Kier alpha value is -1.96. The van der Waals surface area contributed by atoms with Crippen LogP contribution in [0.25, 0.3) is 0 Å². The predicted octanol–water partition coefficient (Wildman–Crippen LogP) is 4.94. The second-order valence-corrected chi connectivity index (χ2v) is 5.51. The molecular weight excluding hydrogens is 260 g/mol. The van der Waals surface area contributed by atoms with Gasteiger partial charge in [0.25, 0.3) is 0 Å². The normalized spacial score (nSPS) is 15.9. The lowest BCUT2D eigenvalue weighted by Crippen LogP contribution is -2.11. The molecule has 1 aromatic carbocycles. The van der Waals surface area contributed by atoms with Crippen LogP contribution in [0.2, 0.25) is 0 Å². The monoisotopic (exact) mass is 284 g/mol. The fourth-order valence-electron chi connectivity index (χ4n) is 2.69. The Bertz CT molecular complexity index is 522. The Balaban J connectivity index is 2.01. The summed E-state index contributed by atoms with van der Waals surface area (Å²) in [5, 5.41) is 9.94. The van der Waals surface area contributed by atoms with Crippen LogP contribution < -0.4 is 4.74 Å². The highest BCUT2D eigenvalue weighted by Gasteiger charge is 2.18. The van der Waals surface area contributed by atoms with Gasteiger partial charge < -0.3 is 9.84 Å². The van der Waals surface area contributed by atoms with Crippen LogP contribution in [0, 0.1) is 0 Å². The number of hydrogen-bond acceptors (Lipinski definition) is 2. The average molecular weight is 284 g/mol. The van der Waals surface area contributed by atoms with E-state index in [0.717, 1.165) is 36.8 Å². The van der Waals surface area contributed by atoms with Gasteiger partial charge in [-0.15, -0.1) is 0 Å². The predicted molar refractivity (Wildman–Crippen MR) is 87.8 cm³/mol. The summed E-state index contributed by atoms with van der Waals surface area (Å²) in [6.45, 7) is 7.52. The summed E-state index contributed by atoms with van der Waals surface area (Å²) in [6, 6.07) is 5.64. The molecule has 1 aliphatic carbocycles. The maximum Gasteiger partial charge on any atom is 0.161 e.